The summed E-state index contributed by atoms with van der Waals surface area (Å²) in [5.74, 6) is -4.68. The fourth-order valence-corrected chi connectivity index (χ4v) is 14.9. The number of hydrogen-bond donors (Lipinski definition) is 29. The molecule has 1 unspecified atom stereocenters. The molecule has 664 valence electrons. The van der Waals surface area contributed by atoms with E-state index in [-0.39, 0.29) is 0 Å². The molecule has 0 aromatic rings. The van der Waals surface area contributed by atoms with Gasteiger partial charge in [-0.15, -0.1) is 0 Å². The SMILES string of the molecule is CC(=O)N[C@H]1[C@H](O[C@H]2[C@H](O)[C@@H](NC(C)=O)C(O)O[C@@H]2CO)O[C@H](CO)[C@@H](O[C@@H]2O[C@H](CO[C@H]3O[C@H](CO)[C@@H](O)[C@H](O)[C@@H]3O)[C@@H](O[C@@H]3O[C@H](CO)[C@@H](O)[C@H](O)[C@H]3NC(C)=O)[C@H](O[C@H]3O[C@H](CO)[C@@H](O[C@@H]4O[C@H](CO)[C@@H](O[C@@H]5O[C@H](CO)[C@H](O)[C@H](O)[C@H]5O)[C@H](O)[C@H]4NC(C)=O)[C@H](O)[C@@H]3O[C@@H]3O[C@H](CO)[C@@H](O)[C@H](O)[C@H]3NC(C)=O)[C@@H]2O)[C@@H]1O. The molecular weight excluding hydrogens is 1570 g/mol. The van der Waals surface area contributed by atoms with Crippen LogP contribution in [0.2, 0.25) is 0 Å². The van der Waals surface area contributed by atoms with Crippen molar-refractivity contribution in [1.29, 1.82) is 0 Å². The van der Waals surface area contributed by atoms with Gasteiger partial charge in [0.05, 0.1) is 59.5 Å². The van der Waals surface area contributed by atoms with Crippen LogP contribution in [0.5, 0.6) is 0 Å². The third-order valence-corrected chi connectivity index (χ3v) is 20.8. The molecule has 0 saturated carbocycles. The van der Waals surface area contributed by atoms with Gasteiger partial charge in [0.1, 0.15) is 219 Å². The summed E-state index contributed by atoms with van der Waals surface area (Å²) >= 11 is 0. The van der Waals surface area contributed by atoms with Crippen molar-refractivity contribution in [2.24, 2.45) is 0 Å². The van der Waals surface area contributed by atoms with Gasteiger partial charge in [-0.1, -0.05) is 0 Å². The van der Waals surface area contributed by atoms with E-state index in [1.54, 1.807) is 0 Å². The van der Waals surface area contributed by atoms with Crippen LogP contribution in [0.25, 0.3) is 0 Å². The van der Waals surface area contributed by atoms with Crippen LogP contribution in [-0.4, -0.2) is 488 Å². The van der Waals surface area contributed by atoms with Gasteiger partial charge in [0, 0.05) is 34.6 Å². The van der Waals surface area contributed by atoms with E-state index in [4.69, 9.17) is 80.5 Å². The van der Waals surface area contributed by atoms with E-state index in [0.29, 0.717) is 0 Å². The van der Waals surface area contributed by atoms with E-state index >= 15 is 0 Å². The fraction of sp³-hybridized carbons (Fsp3) is 0.922. The maximum absolute atomic E-state index is 13.3. The van der Waals surface area contributed by atoms with Crippen molar-refractivity contribution in [2.45, 2.75) is 311 Å². The van der Waals surface area contributed by atoms with Crippen LogP contribution in [0.1, 0.15) is 34.6 Å². The van der Waals surface area contributed by atoms with Crippen molar-refractivity contribution >= 4 is 29.5 Å². The third-order valence-electron chi connectivity index (χ3n) is 20.8. The fourth-order valence-electron chi connectivity index (χ4n) is 14.9. The molecule has 0 aromatic carbocycles. The Balaban J connectivity index is 1.17. The molecular formula is C64H107N5O46. The largest absolute Gasteiger partial charge is 0.394 e. The third kappa shape index (κ3) is 21.3. The Kier molecular flexibility index (Phi) is 34.1. The van der Waals surface area contributed by atoms with Gasteiger partial charge in [-0.2, -0.15) is 0 Å². The second-order valence-corrected chi connectivity index (χ2v) is 28.9. The summed E-state index contributed by atoms with van der Waals surface area (Å²) in [5.41, 5.74) is 0. The average molecular weight is 1680 g/mol. The van der Waals surface area contributed by atoms with Crippen molar-refractivity contribution in [1.82, 2.24) is 26.6 Å². The molecule has 29 N–H and O–H groups in total. The first-order valence-electron chi connectivity index (χ1n) is 36.6. The minimum atomic E-state index is -2.72. The van der Waals surface area contributed by atoms with Crippen molar-refractivity contribution in [2.75, 3.05) is 59.5 Å². The summed E-state index contributed by atoms with van der Waals surface area (Å²) in [4.78, 5) is 64.4. The van der Waals surface area contributed by atoms with Crippen molar-refractivity contribution in [3.63, 3.8) is 0 Å². The van der Waals surface area contributed by atoms with Crippen molar-refractivity contribution < 1.29 is 227 Å². The van der Waals surface area contributed by atoms with Crippen LogP contribution < -0.4 is 26.6 Å². The van der Waals surface area contributed by atoms with Gasteiger partial charge in [0.2, 0.25) is 29.5 Å². The maximum atomic E-state index is 13.3. The minimum Gasteiger partial charge on any atom is -0.394 e. The van der Waals surface area contributed by atoms with Gasteiger partial charge in [0.15, 0.2) is 56.6 Å². The Morgan fingerprint density at radius 3 is 0.861 bits per heavy atom. The van der Waals surface area contributed by atoms with Crippen LogP contribution in [0.3, 0.4) is 0 Å². The zero-order valence-electron chi connectivity index (χ0n) is 62.1. The summed E-state index contributed by atoms with van der Waals surface area (Å²) in [6.07, 6.45) is -85.8. The van der Waals surface area contributed by atoms with Crippen LogP contribution in [-0.2, 0) is 104 Å². The zero-order chi connectivity index (χ0) is 84.8. The van der Waals surface area contributed by atoms with Gasteiger partial charge in [0.25, 0.3) is 0 Å². The molecule has 0 aromatic heterocycles. The molecule has 9 aliphatic rings. The van der Waals surface area contributed by atoms with Crippen LogP contribution in [0, 0.1) is 0 Å². The number of aliphatic hydroxyl groups excluding tert-OH is 24. The summed E-state index contributed by atoms with van der Waals surface area (Å²) < 4.78 is 103. The number of rotatable bonds is 30. The molecule has 51 nitrogen and oxygen atoms in total. The van der Waals surface area contributed by atoms with E-state index in [0.717, 1.165) is 34.6 Å². The number of carbonyl (C=O) groups excluding carboxylic acids is 5. The highest BCUT2D eigenvalue weighted by Gasteiger charge is 2.62. The van der Waals surface area contributed by atoms with Gasteiger partial charge in [-0.3, -0.25) is 24.0 Å². The Morgan fingerprint density at radius 1 is 0.226 bits per heavy atom. The molecule has 9 aliphatic heterocycles. The lowest BCUT2D eigenvalue weighted by Gasteiger charge is -2.53. The number of aliphatic hydroxyl groups is 24. The van der Waals surface area contributed by atoms with E-state index in [2.05, 4.69) is 26.6 Å². The molecule has 9 fully saturated rings. The van der Waals surface area contributed by atoms with Gasteiger partial charge >= 0.3 is 0 Å². The minimum absolute atomic E-state index is 0.802. The summed E-state index contributed by atoms with van der Waals surface area (Å²) in [6.45, 7) is -5.58. The molecule has 9 rings (SSSR count). The van der Waals surface area contributed by atoms with E-state index in [9.17, 15) is 147 Å². The number of amides is 5. The van der Waals surface area contributed by atoms with Crippen LogP contribution in [0.15, 0.2) is 0 Å². The molecule has 0 aliphatic carbocycles. The van der Waals surface area contributed by atoms with Gasteiger partial charge in [-0.05, 0) is 0 Å². The van der Waals surface area contributed by atoms with Gasteiger partial charge < -0.3 is 230 Å². The molecule has 0 radical (unpaired) electrons. The number of nitrogens with one attached hydrogen (secondary N) is 5. The van der Waals surface area contributed by atoms with E-state index < -0.39 is 365 Å². The van der Waals surface area contributed by atoms with Crippen LogP contribution >= 0.6 is 0 Å². The molecule has 9 saturated heterocycles. The Labute approximate surface area is 651 Å². The van der Waals surface area contributed by atoms with Crippen molar-refractivity contribution in [3.8, 4) is 0 Å². The highest BCUT2D eigenvalue weighted by atomic mass is 16.8. The Bertz CT molecular complexity index is 3100. The molecule has 5 amide bonds. The first-order chi connectivity index (χ1) is 54.4. The maximum Gasteiger partial charge on any atom is 0.217 e. The second-order valence-electron chi connectivity index (χ2n) is 28.9. The quantitative estimate of drug-likeness (QED) is 0.0318. The van der Waals surface area contributed by atoms with Gasteiger partial charge in [-0.25, -0.2) is 0 Å². The molecule has 45 atom stereocenters. The average Bonchev–Trinajstić information content (AvgIpc) is 0.749. The lowest BCUT2D eigenvalue weighted by molar-refractivity contribution is -0.412. The topological polar surface area (TPSA) is 788 Å². The van der Waals surface area contributed by atoms with E-state index in [1.165, 1.54) is 0 Å². The highest BCUT2D eigenvalue weighted by Crippen LogP contribution is 2.41. The Hall–Kier alpha value is -4.29. The van der Waals surface area contributed by atoms with E-state index in [1.807, 2.05) is 0 Å². The second kappa shape index (κ2) is 41.5. The first kappa shape index (κ1) is 94.6. The highest BCUT2D eigenvalue weighted by molar-refractivity contribution is 5.75. The number of ether oxygens (including phenoxy) is 17. The van der Waals surface area contributed by atoms with Crippen molar-refractivity contribution in [3.05, 3.63) is 0 Å². The summed E-state index contributed by atoms with van der Waals surface area (Å²) in [7, 11) is 0. The predicted molar refractivity (Wildman–Crippen MR) is 355 cm³/mol. The molecule has 115 heavy (non-hydrogen) atoms. The Morgan fingerprint density at radius 2 is 0.478 bits per heavy atom. The van der Waals surface area contributed by atoms with Crippen LogP contribution in [0.4, 0.5) is 0 Å². The normalized spacial score (nSPS) is 47.9. The zero-order valence-corrected chi connectivity index (χ0v) is 62.1. The molecule has 9 heterocycles. The number of hydrogen-bond acceptors (Lipinski definition) is 46. The smallest absolute Gasteiger partial charge is 0.217 e. The lowest BCUT2D eigenvalue weighted by Crippen LogP contribution is -2.72. The first-order valence-corrected chi connectivity index (χ1v) is 36.6. The summed E-state index contributed by atoms with van der Waals surface area (Å²) in [5, 5.41) is 281. The molecule has 0 bridgehead atoms. The summed E-state index contributed by atoms with van der Waals surface area (Å²) in [6, 6.07) is -9.58. The number of carbonyl (C=O) groups is 5. The predicted octanol–water partition coefficient (Wildman–Crippen LogP) is -19.9. The lowest BCUT2D eigenvalue weighted by atomic mass is 9.93. The molecule has 0 spiro atoms. The monoisotopic (exact) mass is 1680 g/mol. The molecule has 51 heteroatoms. The standard InChI is InChI=1S/C64H107N5O46/c1-15(78)65-29-40(89)49(24(10-74)100-56(29)98)109-59-32(68-18(4)81)42(91)51(26(12-76)105-59)112-63-48(97)54(53(113-57-30(66-16(2)79)38(87)34(83)20(6-70)101-57)28(108-63)14-99-61-45(94)43(92)36(85)22(8-72)103-61)114-64-55(115-58-31(67-17(3)80)39(88)35(84)21(7-71)102-58)47(96)52(27(13-77)107-64)110-60-33(69-19(5)82)41(90)50(25(11-75)106-60)111-62-46(95)44(93)37(86)23(9-73)104-62/h20-64,70-77,83-98H,6-14H2,1-5H3,(H,65,78)(H,66,79)(H,67,80)(H,68,81)(H,69,82)/t20-,21-,22-,23-,24-,25-,26-,27-,28-,29-,30-,31-,32-,33-,34-,35-,36-,37+,38-,39-,40-,41-,42-,43+,44+,45+,46-,47+,48+,49-,50-,51-,52-,53-,54-,55+,56?,57+,58+,59+,60+,61+,62+,63+,64-/m1/s1.